The molecule has 0 aromatic carbocycles. The first kappa shape index (κ1) is 12.2. The van der Waals surface area contributed by atoms with Gasteiger partial charge in [0.25, 0.3) is 0 Å². The van der Waals surface area contributed by atoms with Crippen LogP contribution in [-0.2, 0) is 6.42 Å². The van der Waals surface area contributed by atoms with E-state index in [1.807, 2.05) is 13.0 Å². The van der Waals surface area contributed by atoms with E-state index in [4.69, 9.17) is 0 Å². The first-order valence-electron chi connectivity index (χ1n) is 5.34. The fraction of sp³-hybridized carbons (Fsp3) is 0.500. The van der Waals surface area contributed by atoms with Crippen LogP contribution in [0.3, 0.4) is 0 Å². The number of aryl methyl sites for hydroxylation is 2. The van der Waals surface area contributed by atoms with E-state index in [2.05, 4.69) is 24.5 Å². The van der Waals surface area contributed by atoms with E-state index < -0.39 is 0 Å². The largest absolute Gasteiger partial charge is 0.282 e. The molecule has 0 amide bonds. The third kappa shape index (κ3) is 3.34. The molecule has 0 aliphatic rings. The first-order chi connectivity index (χ1) is 7.16. The quantitative estimate of drug-likeness (QED) is 0.613. The van der Waals surface area contributed by atoms with Gasteiger partial charge in [-0.25, -0.2) is 0 Å². The van der Waals surface area contributed by atoms with Crippen LogP contribution in [0, 0.1) is 6.92 Å². The van der Waals surface area contributed by atoms with Crippen LogP contribution in [0.15, 0.2) is 12.3 Å². The Balaban J connectivity index is 2.86. The lowest BCUT2D eigenvalue weighted by Gasteiger charge is -2.08. The zero-order chi connectivity index (χ0) is 11.3. The number of nitrogens with zero attached hydrogens (tertiary/aromatic N) is 1. The summed E-state index contributed by atoms with van der Waals surface area (Å²) in [6, 6.07) is 1.92. The summed E-state index contributed by atoms with van der Waals surface area (Å²) in [6.07, 6.45) is 6.21. The molecule has 0 fully saturated rings. The third-order valence-electron chi connectivity index (χ3n) is 2.49. The number of pyridine rings is 1. The van der Waals surface area contributed by atoms with E-state index in [0.717, 1.165) is 24.1 Å². The van der Waals surface area contributed by atoms with E-state index in [0.29, 0.717) is 5.56 Å². The molecule has 2 nitrogen and oxygen atoms in total. The van der Waals surface area contributed by atoms with Gasteiger partial charge in [-0.1, -0.05) is 19.8 Å². The van der Waals surface area contributed by atoms with Crippen LogP contribution in [0.1, 0.15) is 47.8 Å². The van der Waals surface area contributed by atoms with E-state index in [1.54, 1.807) is 6.20 Å². The van der Waals surface area contributed by atoms with Gasteiger partial charge in [-0.3, -0.25) is 9.78 Å². The number of hydrogen-bond donors (Lipinski definition) is 1. The van der Waals surface area contributed by atoms with Gasteiger partial charge in [-0.15, -0.1) is 12.6 Å². The highest BCUT2D eigenvalue weighted by Crippen LogP contribution is 2.17. The molecule has 1 heterocycles. The number of rotatable bonds is 5. The van der Waals surface area contributed by atoms with Crippen LogP contribution in [0.25, 0.3) is 0 Å². The summed E-state index contributed by atoms with van der Waals surface area (Å²) < 4.78 is 0. The Morgan fingerprint density at radius 3 is 2.80 bits per heavy atom. The highest BCUT2D eigenvalue weighted by molar-refractivity contribution is 7.97. The molecule has 0 aliphatic carbocycles. The number of aromatic nitrogens is 1. The lowest BCUT2D eigenvalue weighted by Crippen LogP contribution is -2.03. The maximum Gasteiger partial charge on any atom is 0.218 e. The van der Waals surface area contributed by atoms with Crippen LogP contribution in [-0.4, -0.2) is 10.1 Å². The number of carbonyl (C=O) groups excluding carboxylic acids is 1. The summed E-state index contributed by atoms with van der Waals surface area (Å²) in [6.45, 7) is 4.02. The molecule has 0 bridgehead atoms. The number of carbonyl (C=O) groups is 1. The lowest BCUT2D eigenvalue weighted by atomic mass is 10.0. The number of hydrogen-bond acceptors (Lipinski definition) is 2. The Morgan fingerprint density at radius 2 is 2.20 bits per heavy atom. The average Bonchev–Trinajstić information content (AvgIpc) is 2.17. The zero-order valence-electron chi connectivity index (χ0n) is 9.29. The first-order valence-corrected chi connectivity index (χ1v) is 5.79. The number of unbranched alkanes of at least 4 members (excludes halogenated alkanes) is 2. The SMILES string of the molecule is CCCCCc1ccnc(C)c1C(=O)S. The number of thiol groups is 1. The zero-order valence-corrected chi connectivity index (χ0v) is 10.2. The molecule has 0 N–H and O–H groups in total. The predicted molar refractivity (Wildman–Crippen MR) is 65.5 cm³/mol. The molecular weight excluding hydrogens is 206 g/mol. The second-order valence-electron chi connectivity index (χ2n) is 3.69. The van der Waals surface area contributed by atoms with Gasteiger partial charge in [-0.05, 0) is 31.4 Å². The maximum absolute atomic E-state index is 11.3. The molecule has 1 rings (SSSR count). The molecular formula is C12H17NOS. The van der Waals surface area contributed by atoms with Gasteiger partial charge in [0.05, 0.1) is 5.56 Å². The molecule has 1 aromatic rings. The van der Waals surface area contributed by atoms with Gasteiger partial charge in [0, 0.05) is 11.9 Å². The van der Waals surface area contributed by atoms with Crippen molar-refractivity contribution in [2.24, 2.45) is 0 Å². The van der Waals surface area contributed by atoms with Gasteiger partial charge in [-0.2, -0.15) is 0 Å². The molecule has 0 aliphatic heterocycles. The normalized spacial score (nSPS) is 10.3. The average molecular weight is 223 g/mol. The van der Waals surface area contributed by atoms with Crippen LogP contribution in [0.4, 0.5) is 0 Å². The standard InChI is InChI=1S/C12H17NOS/c1-3-4-5-6-10-7-8-13-9(2)11(10)12(14)15/h7-8H,3-6H2,1-2H3,(H,14,15). The van der Waals surface area contributed by atoms with Crippen molar-refractivity contribution >= 4 is 17.7 Å². The summed E-state index contributed by atoms with van der Waals surface area (Å²) in [5.74, 6) is 0. The Labute approximate surface area is 96.5 Å². The summed E-state index contributed by atoms with van der Waals surface area (Å²) in [4.78, 5) is 15.5. The van der Waals surface area contributed by atoms with E-state index in [-0.39, 0.29) is 5.12 Å². The van der Waals surface area contributed by atoms with Crippen LogP contribution >= 0.6 is 12.6 Å². The van der Waals surface area contributed by atoms with Crippen molar-refractivity contribution in [3.63, 3.8) is 0 Å². The molecule has 3 heteroatoms. The van der Waals surface area contributed by atoms with Crippen LogP contribution in [0.5, 0.6) is 0 Å². The maximum atomic E-state index is 11.3. The van der Waals surface area contributed by atoms with Gasteiger partial charge >= 0.3 is 0 Å². The van der Waals surface area contributed by atoms with Crippen LogP contribution in [0.2, 0.25) is 0 Å². The second kappa shape index (κ2) is 5.91. The molecule has 1 aromatic heterocycles. The van der Waals surface area contributed by atoms with Crippen molar-refractivity contribution in [1.29, 1.82) is 0 Å². The minimum Gasteiger partial charge on any atom is -0.282 e. The van der Waals surface area contributed by atoms with Gasteiger partial charge < -0.3 is 0 Å². The molecule has 0 saturated carbocycles. The Bertz CT molecular complexity index is 349. The molecule has 0 spiro atoms. The van der Waals surface area contributed by atoms with Gasteiger partial charge in [0.1, 0.15) is 0 Å². The van der Waals surface area contributed by atoms with Crippen molar-refractivity contribution < 1.29 is 4.79 Å². The molecule has 0 saturated heterocycles. The smallest absolute Gasteiger partial charge is 0.218 e. The minimum atomic E-state index is -0.174. The highest BCUT2D eigenvalue weighted by Gasteiger charge is 2.11. The van der Waals surface area contributed by atoms with Crippen molar-refractivity contribution in [3.8, 4) is 0 Å². The molecule has 0 atom stereocenters. The van der Waals surface area contributed by atoms with E-state index in [1.165, 1.54) is 12.8 Å². The van der Waals surface area contributed by atoms with Crippen LogP contribution < -0.4 is 0 Å². The molecule has 82 valence electrons. The molecule has 0 unspecified atom stereocenters. The summed E-state index contributed by atoms with van der Waals surface area (Å²) in [5.41, 5.74) is 2.55. The molecule has 15 heavy (non-hydrogen) atoms. The molecule has 0 radical (unpaired) electrons. The van der Waals surface area contributed by atoms with Gasteiger partial charge in [0.2, 0.25) is 5.12 Å². The van der Waals surface area contributed by atoms with Crippen molar-refractivity contribution in [2.45, 2.75) is 39.5 Å². The Kier molecular flexibility index (Phi) is 4.82. The van der Waals surface area contributed by atoms with Crippen molar-refractivity contribution in [1.82, 2.24) is 4.98 Å². The topological polar surface area (TPSA) is 30.0 Å². The summed E-state index contributed by atoms with van der Waals surface area (Å²) in [7, 11) is 0. The minimum absolute atomic E-state index is 0.174. The predicted octanol–water partition coefficient (Wildman–Crippen LogP) is 3.19. The fourth-order valence-corrected chi connectivity index (χ4v) is 1.99. The third-order valence-corrected chi connectivity index (χ3v) is 2.71. The second-order valence-corrected chi connectivity index (χ2v) is 4.10. The highest BCUT2D eigenvalue weighted by atomic mass is 32.1. The summed E-state index contributed by atoms with van der Waals surface area (Å²) >= 11 is 3.89. The van der Waals surface area contributed by atoms with E-state index in [9.17, 15) is 4.79 Å². The lowest BCUT2D eigenvalue weighted by molar-refractivity contribution is 0.108. The monoisotopic (exact) mass is 223 g/mol. The van der Waals surface area contributed by atoms with Crippen molar-refractivity contribution in [3.05, 3.63) is 29.1 Å². The Morgan fingerprint density at radius 1 is 1.47 bits per heavy atom. The fourth-order valence-electron chi connectivity index (χ4n) is 1.69. The van der Waals surface area contributed by atoms with Crippen molar-refractivity contribution in [2.75, 3.05) is 0 Å². The van der Waals surface area contributed by atoms with E-state index >= 15 is 0 Å². The summed E-state index contributed by atoms with van der Waals surface area (Å²) in [5, 5.41) is -0.174. The van der Waals surface area contributed by atoms with Gasteiger partial charge in [0.15, 0.2) is 0 Å². The Hall–Kier alpha value is -0.830.